The highest BCUT2D eigenvalue weighted by atomic mass is 35.5. The first kappa shape index (κ1) is 28.2. The van der Waals surface area contributed by atoms with Crippen LogP contribution in [0.25, 0.3) is 6.08 Å². The summed E-state index contributed by atoms with van der Waals surface area (Å²) in [6, 6.07) is 27.4. The number of hydrogen-bond donors (Lipinski definition) is 1. The maximum absolute atomic E-state index is 13.2. The van der Waals surface area contributed by atoms with Crippen molar-refractivity contribution < 1.29 is 23.4 Å². The third-order valence-corrected chi connectivity index (χ3v) is 5.93. The van der Waals surface area contributed by atoms with Crippen LogP contribution in [0.5, 0.6) is 17.2 Å². The van der Waals surface area contributed by atoms with Gasteiger partial charge in [-0.05, 0) is 90.4 Å². The summed E-state index contributed by atoms with van der Waals surface area (Å²) in [6.45, 7) is 2.84. The average Bonchev–Trinajstić information content (AvgIpc) is 2.97. The van der Waals surface area contributed by atoms with Crippen LogP contribution >= 0.6 is 11.6 Å². The van der Waals surface area contributed by atoms with Crippen LogP contribution in [0.4, 0.5) is 10.1 Å². The summed E-state index contributed by atoms with van der Waals surface area (Å²) in [5.74, 6) is 0.722. The van der Waals surface area contributed by atoms with Crippen LogP contribution < -0.4 is 19.5 Å². The van der Waals surface area contributed by atoms with Gasteiger partial charge in [0.2, 0.25) is 0 Å². The van der Waals surface area contributed by atoms with Crippen LogP contribution in [0.3, 0.4) is 0 Å². The summed E-state index contributed by atoms with van der Waals surface area (Å²) in [7, 11) is 0. The van der Waals surface area contributed by atoms with Crippen LogP contribution in [0.15, 0.2) is 96.6 Å². The van der Waals surface area contributed by atoms with E-state index in [1.54, 1.807) is 66.7 Å². The molecular formula is C32H26ClFN2O4. The van der Waals surface area contributed by atoms with E-state index in [0.29, 0.717) is 46.7 Å². The number of benzene rings is 4. The van der Waals surface area contributed by atoms with Crippen LogP contribution in [0.1, 0.15) is 23.6 Å². The van der Waals surface area contributed by atoms with E-state index >= 15 is 0 Å². The quantitative estimate of drug-likeness (QED) is 0.152. The number of halogens is 2. The maximum atomic E-state index is 13.2. The first-order valence-electron chi connectivity index (χ1n) is 12.5. The molecule has 0 unspecified atom stereocenters. The van der Waals surface area contributed by atoms with E-state index in [1.807, 2.05) is 25.1 Å². The molecule has 0 heterocycles. The number of carbonyl (C=O) groups excluding carboxylic acids is 1. The molecule has 0 spiro atoms. The molecule has 40 heavy (non-hydrogen) atoms. The van der Waals surface area contributed by atoms with Gasteiger partial charge in [0.05, 0.1) is 6.61 Å². The predicted molar refractivity (Wildman–Crippen MR) is 153 cm³/mol. The number of hydrogen-bond acceptors (Lipinski definition) is 5. The summed E-state index contributed by atoms with van der Waals surface area (Å²) in [4.78, 5) is 12.8. The molecule has 4 aromatic carbocycles. The fourth-order valence-corrected chi connectivity index (χ4v) is 3.77. The highest BCUT2D eigenvalue weighted by Crippen LogP contribution is 2.30. The monoisotopic (exact) mass is 556 g/mol. The molecule has 0 aliphatic heterocycles. The van der Waals surface area contributed by atoms with Crippen molar-refractivity contribution in [1.29, 1.82) is 5.26 Å². The third kappa shape index (κ3) is 8.10. The standard InChI is InChI=1S/C32H26ClFN2O4/c1-2-38-31-18-24(7-16-30(31)40-21-23-5-10-27(34)11-6-23)17-25(19-35)32(37)36-28-12-14-29(15-13-28)39-20-22-3-8-26(33)9-4-22/h3-18H,2,20-21H2,1H3,(H,36,37)/b25-17+. The van der Waals surface area contributed by atoms with Gasteiger partial charge in [0, 0.05) is 10.7 Å². The van der Waals surface area contributed by atoms with E-state index in [9.17, 15) is 14.4 Å². The summed E-state index contributed by atoms with van der Waals surface area (Å²) in [6.07, 6.45) is 1.48. The number of rotatable bonds is 11. The molecule has 0 aromatic heterocycles. The third-order valence-electron chi connectivity index (χ3n) is 5.68. The summed E-state index contributed by atoms with van der Waals surface area (Å²) in [5.41, 5.74) is 2.81. The van der Waals surface area contributed by atoms with Crippen molar-refractivity contribution in [2.75, 3.05) is 11.9 Å². The molecule has 0 radical (unpaired) electrons. The number of nitriles is 1. The smallest absolute Gasteiger partial charge is 0.266 e. The van der Waals surface area contributed by atoms with Gasteiger partial charge in [0.25, 0.3) is 5.91 Å². The normalized spacial score (nSPS) is 10.9. The second kappa shape index (κ2) is 13.8. The maximum Gasteiger partial charge on any atom is 0.266 e. The summed E-state index contributed by atoms with van der Waals surface area (Å²) < 4.78 is 30.5. The minimum absolute atomic E-state index is 0.0782. The molecule has 0 atom stereocenters. The summed E-state index contributed by atoms with van der Waals surface area (Å²) >= 11 is 5.91. The SMILES string of the molecule is CCOc1cc(/C=C(\C#N)C(=O)Nc2ccc(OCc3ccc(Cl)cc3)cc2)ccc1OCc1ccc(F)cc1. The lowest BCUT2D eigenvalue weighted by atomic mass is 10.1. The molecule has 0 fully saturated rings. The van der Waals surface area contributed by atoms with Gasteiger partial charge in [-0.2, -0.15) is 5.26 Å². The molecule has 1 N–H and O–H groups in total. The highest BCUT2D eigenvalue weighted by molar-refractivity contribution is 6.30. The molecule has 4 aromatic rings. The lowest BCUT2D eigenvalue weighted by Crippen LogP contribution is -2.13. The topological polar surface area (TPSA) is 80.6 Å². The molecule has 4 rings (SSSR count). The Morgan fingerprint density at radius 2 is 1.52 bits per heavy atom. The van der Waals surface area contributed by atoms with Crippen LogP contribution in [-0.4, -0.2) is 12.5 Å². The largest absolute Gasteiger partial charge is 0.490 e. The Labute approximate surface area is 237 Å². The molecule has 6 nitrogen and oxygen atoms in total. The molecule has 8 heteroatoms. The van der Waals surface area contributed by atoms with Crippen molar-refractivity contribution in [3.63, 3.8) is 0 Å². The van der Waals surface area contributed by atoms with Crippen molar-refractivity contribution in [2.24, 2.45) is 0 Å². The first-order valence-corrected chi connectivity index (χ1v) is 12.9. The molecule has 1 amide bonds. The van der Waals surface area contributed by atoms with Gasteiger partial charge in [0.1, 0.15) is 36.4 Å². The molecule has 0 aliphatic carbocycles. The Morgan fingerprint density at radius 3 is 2.17 bits per heavy atom. The lowest BCUT2D eigenvalue weighted by Gasteiger charge is -2.13. The summed E-state index contributed by atoms with van der Waals surface area (Å²) in [5, 5.41) is 13.0. The molecule has 0 saturated carbocycles. The van der Waals surface area contributed by atoms with Gasteiger partial charge in [-0.15, -0.1) is 0 Å². The van der Waals surface area contributed by atoms with Crippen molar-refractivity contribution in [3.05, 3.63) is 124 Å². The van der Waals surface area contributed by atoms with E-state index in [-0.39, 0.29) is 18.0 Å². The van der Waals surface area contributed by atoms with Crippen molar-refractivity contribution in [3.8, 4) is 23.3 Å². The zero-order chi connectivity index (χ0) is 28.3. The Hall–Kier alpha value is -4.80. The van der Waals surface area contributed by atoms with Crippen molar-refractivity contribution >= 4 is 29.3 Å². The zero-order valence-corrected chi connectivity index (χ0v) is 22.5. The second-order valence-corrected chi connectivity index (χ2v) is 9.05. The number of carbonyl (C=O) groups is 1. The van der Waals surface area contributed by atoms with Gasteiger partial charge in [0.15, 0.2) is 11.5 Å². The van der Waals surface area contributed by atoms with Crippen LogP contribution in [-0.2, 0) is 18.0 Å². The van der Waals surface area contributed by atoms with E-state index in [0.717, 1.165) is 11.1 Å². The van der Waals surface area contributed by atoms with E-state index in [1.165, 1.54) is 18.2 Å². The van der Waals surface area contributed by atoms with Crippen LogP contribution in [0, 0.1) is 17.1 Å². The number of anilines is 1. The zero-order valence-electron chi connectivity index (χ0n) is 21.7. The van der Waals surface area contributed by atoms with Gasteiger partial charge < -0.3 is 19.5 Å². The minimum Gasteiger partial charge on any atom is -0.490 e. The number of nitrogens with one attached hydrogen (secondary N) is 1. The predicted octanol–water partition coefficient (Wildman–Crippen LogP) is 7.58. The fraction of sp³-hybridized carbons (Fsp3) is 0.125. The molecule has 202 valence electrons. The van der Waals surface area contributed by atoms with Crippen LogP contribution in [0.2, 0.25) is 5.02 Å². The number of amides is 1. The Balaban J connectivity index is 1.39. The van der Waals surface area contributed by atoms with E-state index < -0.39 is 5.91 Å². The molecule has 0 bridgehead atoms. The van der Waals surface area contributed by atoms with Gasteiger partial charge in [-0.25, -0.2) is 4.39 Å². The van der Waals surface area contributed by atoms with Crippen molar-refractivity contribution in [2.45, 2.75) is 20.1 Å². The Bertz CT molecular complexity index is 1510. The van der Waals surface area contributed by atoms with Gasteiger partial charge in [-0.1, -0.05) is 41.9 Å². The number of nitrogens with zero attached hydrogens (tertiary/aromatic N) is 1. The minimum atomic E-state index is -0.549. The van der Waals surface area contributed by atoms with E-state index in [2.05, 4.69) is 5.32 Å². The second-order valence-electron chi connectivity index (χ2n) is 8.62. The molecule has 0 saturated heterocycles. The van der Waals surface area contributed by atoms with Gasteiger partial charge in [-0.3, -0.25) is 4.79 Å². The van der Waals surface area contributed by atoms with Crippen molar-refractivity contribution in [1.82, 2.24) is 0 Å². The Morgan fingerprint density at radius 1 is 0.875 bits per heavy atom. The fourth-order valence-electron chi connectivity index (χ4n) is 3.64. The van der Waals surface area contributed by atoms with Gasteiger partial charge >= 0.3 is 0 Å². The average molecular weight is 557 g/mol. The molecule has 0 aliphatic rings. The van der Waals surface area contributed by atoms with E-state index in [4.69, 9.17) is 25.8 Å². The Kier molecular flexibility index (Phi) is 9.76. The molecular weight excluding hydrogens is 531 g/mol. The number of ether oxygens (including phenoxy) is 3. The highest BCUT2D eigenvalue weighted by Gasteiger charge is 2.12. The first-order chi connectivity index (χ1) is 19.4. The lowest BCUT2D eigenvalue weighted by molar-refractivity contribution is -0.112.